The number of anilines is 3. The molecule has 0 bridgehead atoms. The number of nitrogen functional groups attached to an aromatic ring is 1. The lowest BCUT2D eigenvalue weighted by molar-refractivity contribution is 0.271. The Bertz CT molecular complexity index is 853. The Kier molecular flexibility index (Phi) is 5.60. The zero-order valence-corrected chi connectivity index (χ0v) is 16.2. The van der Waals surface area contributed by atoms with E-state index in [9.17, 15) is 8.42 Å². The first-order valence-corrected chi connectivity index (χ1v) is 10.3. The maximum Gasteiger partial charge on any atom is 0.278 e. The monoisotopic (exact) mass is 394 g/mol. The van der Waals surface area contributed by atoms with E-state index in [0.717, 1.165) is 42.2 Å². The summed E-state index contributed by atoms with van der Waals surface area (Å²) in [6.07, 6.45) is 0. The van der Waals surface area contributed by atoms with Crippen molar-refractivity contribution in [3.05, 3.63) is 48.5 Å². The van der Waals surface area contributed by atoms with Crippen molar-refractivity contribution in [2.24, 2.45) is 0 Å². The summed E-state index contributed by atoms with van der Waals surface area (Å²) in [6, 6.07) is 13.3. The first-order chi connectivity index (χ1) is 12.4. The van der Waals surface area contributed by atoms with Gasteiger partial charge in [-0.2, -0.15) is 12.2 Å². The van der Waals surface area contributed by atoms with Crippen molar-refractivity contribution in [1.29, 1.82) is 0 Å². The van der Waals surface area contributed by atoms with E-state index < -0.39 is 10.0 Å². The minimum Gasteiger partial charge on any atom is -0.397 e. The molecular formula is C18H23ClN4O2S. The van der Waals surface area contributed by atoms with Crippen LogP contribution in [0.4, 0.5) is 17.1 Å². The lowest BCUT2D eigenvalue weighted by Crippen LogP contribution is -2.46. The molecule has 26 heavy (non-hydrogen) atoms. The average molecular weight is 395 g/mol. The van der Waals surface area contributed by atoms with Crippen molar-refractivity contribution in [3.63, 3.8) is 0 Å². The first-order valence-electron chi connectivity index (χ1n) is 8.56. The van der Waals surface area contributed by atoms with Crippen molar-refractivity contribution >= 4 is 38.9 Å². The lowest BCUT2D eigenvalue weighted by atomic mass is 10.2. The molecule has 0 atom stereocenters. The van der Waals surface area contributed by atoms with Crippen LogP contribution in [0.5, 0.6) is 0 Å². The molecule has 8 heteroatoms. The number of hydrogen-bond acceptors (Lipinski definition) is 5. The fraction of sp³-hybridized carbons (Fsp3) is 0.333. The van der Waals surface area contributed by atoms with Crippen LogP contribution in [0.3, 0.4) is 0 Å². The summed E-state index contributed by atoms with van der Waals surface area (Å²) in [5.41, 5.74) is 7.86. The van der Waals surface area contributed by atoms with Gasteiger partial charge in [0, 0.05) is 38.0 Å². The Morgan fingerprint density at radius 1 is 1.08 bits per heavy atom. The molecule has 0 radical (unpaired) electrons. The topological polar surface area (TPSA) is 69.9 Å². The van der Waals surface area contributed by atoms with Crippen molar-refractivity contribution < 1.29 is 8.42 Å². The van der Waals surface area contributed by atoms with E-state index >= 15 is 0 Å². The predicted molar refractivity (Wildman–Crippen MR) is 107 cm³/mol. The number of hydrogen-bond donors (Lipinski definition) is 1. The van der Waals surface area contributed by atoms with E-state index in [1.165, 1.54) is 6.07 Å². The molecule has 0 aromatic heterocycles. The number of sulfonamides is 1. The molecule has 1 aliphatic heterocycles. The van der Waals surface area contributed by atoms with Crippen LogP contribution < -0.4 is 14.5 Å². The smallest absolute Gasteiger partial charge is 0.278 e. The number of nitrogens with zero attached hydrogens (tertiary/aromatic N) is 3. The Balaban J connectivity index is 1.83. The molecule has 0 saturated carbocycles. The second kappa shape index (κ2) is 7.73. The molecule has 2 N–H and O–H groups in total. The molecule has 0 unspecified atom stereocenters. The number of nitrogens with two attached hydrogens (primary N) is 1. The zero-order valence-electron chi connectivity index (χ0n) is 14.7. The third kappa shape index (κ3) is 3.75. The van der Waals surface area contributed by atoms with Crippen LogP contribution in [0.2, 0.25) is 0 Å². The molecule has 2 aromatic carbocycles. The normalized spacial score (nSPS) is 15.8. The van der Waals surface area contributed by atoms with Crippen LogP contribution in [0, 0.1) is 0 Å². The van der Waals surface area contributed by atoms with Crippen molar-refractivity contribution in [1.82, 2.24) is 4.90 Å². The van der Waals surface area contributed by atoms with Crippen molar-refractivity contribution in [2.75, 3.05) is 47.2 Å². The molecule has 140 valence electrons. The van der Waals surface area contributed by atoms with E-state index in [0.29, 0.717) is 11.4 Å². The van der Waals surface area contributed by atoms with Crippen LogP contribution >= 0.6 is 11.8 Å². The van der Waals surface area contributed by atoms with Gasteiger partial charge < -0.3 is 15.5 Å². The number of para-hydroxylation sites is 1. The zero-order chi connectivity index (χ0) is 18.7. The van der Waals surface area contributed by atoms with Crippen molar-refractivity contribution in [2.45, 2.75) is 11.8 Å². The number of benzene rings is 2. The van der Waals surface area contributed by atoms with E-state index in [1.807, 2.05) is 0 Å². The molecule has 3 rings (SSSR count). The third-order valence-electron chi connectivity index (χ3n) is 4.63. The molecule has 0 aliphatic carbocycles. The largest absolute Gasteiger partial charge is 0.397 e. The molecule has 0 amide bonds. The predicted octanol–water partition coefficient (Wildman–Crippen LogP) is 2.76. The Morgan fingerprint density at radius 3 is 2.31 bits per heavy atom. The van der Waals surface area contributed by atoms with Gasteiger partial charge in [0.15, 0.2) is 0 Å². The summed E-state index contributed by atoms with van der Waals surface area (Å²) >= 11 is 6.09. The molecular weight excluding hydrogens is 372 g/mol. The van der Waals surface area contributed by atoms with Gasteiger partial charge in [0.1, 0.15) is 0 Å². The van der Waals surface area contributed by atoms with Crippen LogP contribution in [0.15, 0.2) is 53.4 Å². The molecule has 1 saturated heterocycles. The summed E-state index contributed by atoms with van der Waals surface area (Å²) in [6.45, 7) is 6.87. The quantitative estimate of drug-likeness (QED) is 0.623. The second-order valence-corrected chi connectivity index (χ2v) is 8.52. The standard InChI is InChI=1S/C18H23ClN4O2S/c1-2-21-10-12-22(13-11-21)18-9-8-16(14-17(18)20)26(24,25)23(19)15-6-4-3-5-7-15/h3-9,14H,2,10-13,20H2,1H3. The van der Waals surface area contributed by atoms with Gasteiger partial charge in [0.05, 0.1) is 22.0 Å². The third-order valence-corrected chi connectivity index (χ3v) is 6.85. The number of likely N-dealkylation sites (N-methyl/N-ethyl adjacent to an activating group) is 1. The molecule has 2 aromatic rings. The summed E-state index contributed by atoms with van der Waals surface area (Å²) < 4.78 is 26.3. The number of rotatable bonds is 5. The second-order valence-electron chi connectivity index (χ2n) is 6.20. The highest BCUT2D eigenvalue weighted by atomic mass is 35.5. The van der Waals surface area contributed by atoms with E-state index in [1.54, 1.807) is 42.5 Å². The lowest BCUT2D eigenvalue weighted by Gasteiger charge is -2.36. The van der Waals surface area contributed by atoms with Gasteiger partial charge in [-0.25, -0.2) is 0 Å². The fourth-order valence-electron chi connectivity index (χ4n) is 3.06. The van der Waals surface area contributed by atoms with Crippen LogP contribution in [-0.4, -0.2) is 46.0 Å². The maximum atomic E-state index is 12.8. The van der Waals surface area contributed by atoms with E-state index in [2.05, 4.69) is 16.7 Å². The molecule has 1 aliphatic rings. The molecule has 1 heterocycles. The fourth-order valence-corrected chi connectivity index (χ4v) is 4.51. The van der Waals surface area contributed by atoms with Crippen LogP contribution in [0.1, 0.15) is 6.92 Å². The van der Waals surface area contributed by atoms with Gasteiger partial charge in [0.2, 0.25) is 0 Å². The highest BCUT2D eigenvalue weighted by Crippen LogP contribution is 2.31. The van der Waals surface area contributed by atoms with Crippen LogP contribution in [0.25, 0.3) is 0 Å². The molecule has 0 spiro atoms. The average Bonchev–Trinajstić information content (AvgIpc) is 2.68. The minimum atomic E-state index is -3.88. The minimum absolute atomic E-state index is 0.0739. The van der Waals surface area contributed by atoms with Crippen LogP contribution in [-0.2, 0) is 10.0 Å². The maximum absolute atomic E-state index is 12.8. The summed E-state index contributed by atoms with van der Waals surface area (Å²) in [4.78, 5) is 4.63. The Morgan fingerprint density at radius 2 is 1.73 bits per heavy atom. The highest BCUT2D eigenvalue weighted by Gasteiger charge is 2.25. The SMILES string of the molecule is CCN1CCN(c2ccc(S(=O)(=O)N(Cl)c3ccccc3)cc2N)CC1. The van der Waals surface area contributed by atoms with Gasteiger partial charge in [-0.1, -0.05) is 25.1 Å². The first kappa shape index (κ1) is 18.8. The number of halogens is 1. The van der Waals surface area contributed by atoms with Gasteiger partial charge in [-0.05, 0) is 36.9 Å². The van der Waals surface area contributed by atoms with E-state index in [-0.39, 0.29) is 4.90 Å². The number of piperazine rings is 1. The summed E-state index contributed by atoms with van der Waals surface area (Å²) in [5, 5.41) is 0. The van der Waals surface area contributed by atoms with Gasteiger partial charge >= 0.3 is 0 Å². The van der Waals surface area contributed by atoms with Gasteiger partial charge in [-0.15, -0.1) is 0 Å². The van der Waals surface area contributed by atoms with Gasteiger partial charge in [-0.3, -0.25) is 0 Å². The Hall–Kier alpha value is -1.96. The molecule has 1 fully saturated rings. The van der Waals surface area contributed by atoms with Crippen molar-refractivity contribution in [3.8, 4) is 0 Å². The molecule has 6 nitrogen and oxygen atoms in total. The Labute approximate surface area is 159 Å². The van der Waals surface area contributed by atoms with Gasteiger partial charge in [0.25, 0.3) is 10.0 Å². The highest BCUT2D eigenvalue weighted by molar-refractivity contribution is 7.94. The summed E-state index contributed by atoms with van der Waals surface area (Å²) in [5.74, 6) is 0. The summed E-state index contributed by atoms with van der Waals surface area (Å²) in [7, 11) is -3.88. The van der Waals surface area contributed by atoms with E-state index in [4.69, 9.17) is 17.5 Å².